The van der Waals surface area contributed by atoms with Crippen LogP contribution in [0.25, 0.3) is 6.08 Å². The van der Waals surface area contributed by atoms with Crippen LogP contribution in [0.4, 0.5) is 0 Å². The zero-order valence-electron chi connectivity index (χ0n) is 13.4. The Bertz CT molecular complexity index is 454. The highest BCUT2D eigenvalue weighted by molar-refractivity contribution is 6.83. The zero-order chi connectivity index (χ0) is 14.8. The van der Waals surface area contributed by atoms with Crippen LogP contribution >= 0.6 is 0 Å². The number of hydrogen-bond acceptors (Lipinski definition) is 0. The van der Waals surface area contributed by atoms with E-state index in [1.54, 1.807) is 0 Å². The monoisotopic (exact) mass is 284 g/mol. The van der Waals surface area contributed by atoms with Gasteiger partial charge in [0.05, 0.1) is 0 Å². The number of allylic oxidation sites excluding steroid dienone is 1. The molecule has 0 nitrogen and oxygen atoms in total. The molecule has 0 bridgehead atoms. The van der Waals surface area contributed by atoms with Crippen molar-refractivity contribution in [2.75, 3.05) is 0 Å². The first-order valence-electron chi connectivity index (χ1n) is 7.77. The smallest absolute Gasteiger partial charge is 0.129 e. The maximum Gasteiger partial charge on any atom is 0.129 e. The minimum absolute atomic E-state index is 0.411. The normalized spacial score (nSPS) is 13.0. The molecule has 108 valence electrons. The van der Waals surface area contributed by atoms with E-state index in [1.807, 2.05) is 0 Å². The number of benzene rings is 1. The first-order valence-corrected chi connectivity index (χ1v) is 11.3. The first kappa shape index (κ1) is 16.8. The maximum absolute atomic E-state index is 3.52. The van der Waals surface area contributed by atoms with Crippen molar-refractivity contribution in [2.45, 2.75) is 52.2 Å². The average Bonchev–Trinajstić information content (AvgIpc) is 2.41. The highest BCUT2D eigenvalue weighted by Crippen LogP contribution is 2.13. The molecular weight excluding hydrogens is 256 g/mol. The minimum Gasteiger partial charge on any atom is -0.131 e. The molecule has 1 unspecified atom stereocenters. The van der Waals surface area contributed by atoms with Crippen LogP contribution in [0.15, 0.2) is 36.4 Å². The number of hydrogen-bond donors (Lipinski definition) is 0. The molecule has 0 saturated heterocycles. The fourth-order valence-corrected chi connectivity index (χ4v) is 2.55. The number of unbranched alkanes of at least 4 members (excludes halogenated alkanes) is 2. The predicted octanol–water partition coefficient (Wildman–Crippen LogP) is 5.78. The van der Waals surface area contributed by atoms with Crippen LogP contribution in [-0.2, 0) is 0 Å². The zero-order valence-corrected chi connectivity index (χ0v) is 14.4. The van der Waals surface area contributed by atoms with Gasteiger partial charge in [0.1, 0.15) is 8.07 Å². The third-order valence-electron chi connectivity index (χ3n) is 3.07. The van der Waals surface area contributed by atoms with Crippen molar-refractivity contribution < 1.29 is 0 Å². The van der Waals surface area contributed by atoms with Gasteiger partial charge >= 0.3 is 0 Å². The number of rotatable bonds is 6. The molecule has 0 aliphatic rings. The Morgan fingerprint density at radius 2 is 1.80 bits per heavy atom. The van der Waals surface area contributed by atoms with Crippen LogP contribution in [0, 0.1) is 17.4 Å². The summed E-state index contributed by atoms with van der Waals surface area (Å²) in [6.07, 6.45) is 9.56. The van der Waals surface area contributed by atoms with E-state index in [2.05, 4.69) is 80.5 Å². The largest absolute Gasteiger partial charge is 0.131 e. The van der Waals surface area contributed by atoms with Crippen molar-refractivity contribution in [3.63, 3.8) is 0 Å². The molecular formula is C19H28Si. The second kappa shape index (κ2) is 8.82. The van der Waals surface area contributed by atoms with Crippen molar-refractivity contribution in [1.29, 1.82) is 0 Å². The van der Waals surface area contributed by atoms with Crippen molar-refractivity contribution in [3.8, 4) is 11.5 Å². The highest BCUT2D eigenvalue weighted by Gasteiger charge is 2.09. The van der Waals surface area contributed by atoms with Crippen LogP contribution in [0.3, 0.4) is 0 Å². The Morgan fingerprint density at radius 1 is 1.10 bits per heavy atom. The molecule has 0 N–H and O–H groups in total. The van der Waals surface area contributed by atoms with Crippen LogP contribution in [0.5, 0.6) is 0 Å². The van der Waals surface area contributed by atoms with Gasteiger partial charge in [-0.05, 0) is 12.0 Å². The van der Waals surface area contributed by atoms with Gasteiger partial charge in [-0.1, -0.05) is 88.3 Å². The van der Waals surface area contributed by atoms with E-state index in [4.69, 9.17) is 0 Å². The van der Waals surface area contributed by atoms with E-state index in [-0.39, 0.29) is 0 Å². The molecule has 1 heteroatoms. The van der Waals surface area contributed by atoms with Gasteiger partial charge in [-0.15, -0.1) is 11.5 Å². The van der Waals surface area contributed by atoms with Gasteiger partial charge in [0.15, 0.2) is 0 Å². The lowest BCUT2D eigenvalue weighted by molar-refractivity contribution is 0.623. The Labute approximate surface area is 126 Å². The van der Waals surface area contributed by atoms with E-state index < -0.39 is 8.07 Å². The van der Waals surface area contributed by atoms with E-state index in [9.17, 15) is 0 Å². The Hall–Kier alpha value is -1.26. The summed E-state index contributed by atoms with van der Waals surface area (Å²) < 4.78 is 0. The van der Waals surface area contributed by atoms with E-state index in [0.29, 0.717) is 5.92 Å². The van der Waals surface area contributed by atoms with E-state index >= 15 is 0 Å². The van der Waals surface area contributed by atoms with E-state index in [0.717, 1.165) is 0 Å². The van der Waals surface area contributed by atoms with Gasteiger partial charge in [0.2, 0.25) is 0 Å². The van der Waals surface area contributed by atoms with Crippen molar-refractivity contribution in [2.24, 2.45) is 5.92 Å². The van der Waals surface area contributed by atoms with Crippen LogP contribution in [-0.4, -0.2) is 8.07 Å². The quantitative estimate of drug-likeness (QED) is 0.353. The maximum atomic E-state index is 3.52. The van der Waals surface area contributed by atoms with Gasteiger partial charge in [-0.25, -0.2) is 0 Å². The van der Waals surface area contributed by atoms with Crippen LogP contribution < -0.4 is 0 Å². The summed E-state index contributed by atoms with van der Waals surface area (Å²) >= 11 is 0. The van der Waals surface area contributed by atoms with Gasteiger partial charge in [0.25, 0.3) is 0 Å². The lowest BCUT2D eigenvalue weighted by Crippen LogP contribution is -2.16. The Morgan fingerprint density at radius 3 is 2.40 bits per heavy atom. The third-order valence-corrected chi connectivity index (χ3v) is 3.97. The van der Waals surface area contributed by atoms with Crippen molar-refractivity contribution in [1.82, 2.24) is 0 Å². The fraction of sp³-hybridized carbons (Fsp3) is 0.474. The standard InChI is InChI=1S/C19H28Si/c1-5-6-8-11-19(16-17-20(2,3)4)15-14-18-12-9-7-10-13-18/h7,9-10,12-15,19H,5-6,8,11H2,1-4H3/b15-14+. The van der Waals surface area contributed by atoms with E-state index in [1.165, 1.54) is 31.2 Å². The summed E-state index contributed by atoms with van der Waals surface area (Å²) in [5.41, 5.74) is 4.79. The Kier molecular flexibility index (Phi) is 7.40. The summed E-state index contributed by atoms with van der Waals surface area (Å²) in [5.74, 6) is 3.92. The molecule has 0 aliphatic heterocycles. The molecule has 0 aliphatic carbocycles. The van der Waals surface area contributed by atoms with Gasteiger partial charge < -0.3 is 0 Å². The first-order chi connectivity index (χ1) is 9.51. The topological polar surface area (TPSA) is 0 Å². The van der Waals surface area contributed by atoms with Crippen molar-refractivity contribution in [3.05, 3.63) is 42.0 Å². The summed E-state index contributed by atoms with van der Waals surface area (Å²) in [6, 6.07) is 10.5. The van der Waals surface area contributed by atoms with Crippen LogP contribution in [0.2, 0.25) is 19.6 Å². The summed E-state index contributed by atoms with van der Waals surface area (Å²) in [4.78, 5) is 0. The minimum atomic E-state index is -1.27. The predicted molar refractivity (Wildman–Crippen MR) is 94.2 cm³/mol. The van der Waals surface area contributed by atoms with Gasteiger partial charge in [-0.2, -0.15) is 0 Å². The molecule has 0 spiro atoms. The second-order valence-electron chi connectivity index (χ2n) is 6.39. The molecule has 0 amide bonds. The fourth-order valence-electron chi connectivity index (χ4n) is 1.93. The molecule has 1 aromatic carbocycles. The molecule has 1 aromatic rings. The third kappa shape index (κ3) is 8.02. The lowest BCUT2D eigenvalue weighted by Gasteiger charge is -2.08. The SMILES string of the molecule is CCCCCC(C#C[Si](C)(C)C)/C=C/c1ccccc1. The van der Waals surface area contributed by atoms with Gasteiger partial charge in [0, 0.05) is 5.92 Å². The molecule has 0 saturated carbocycles. The highest BCUT2D eigenvalue weighted by atomic mass is 28.3. The summed E-state index contributed by atoms with van der Waals surface area (Å²) in [7, 11) is -1.27. The summed E-state index contributed by atoms with van der Waals surface area (Å²) in [6.45, 7) is 9.18. The molecule has 20 heavy (non-hydrogen) atoms. The molecule has 0 aromatic heterocycles. The Balaban J connectivity index is 2.71. The molecule has 0 heterocycles. The lowest BCUT2D eigenvalue weighted by atomic mass is 10.0. The molecule has 0 fully saturated rings. The van der Waals surface area contributed by atoms with Crippen molar-refractivity contribution >= 4 is 14.1 Å². The van der Waals surface area contributed by atoms with Gasteiger partial charge in [-0.3, -0.25) is 0 Å². The second-order valence-corrected chi connectivity index (χ2v) is 11.1. The average molecular weight is 285 g/mol. The molecule has 1 rings (SSSR count). The molecule has 1 atom stereocenters. The summed E-state index contributed by atoms with van der Waals surface area (Å²) in [5, 5.41) is 0. The van der Waals surface area contributed by atoms with Crippen LogP contribution in [0.1, 0.15) is 38.2 Å². The molecule has 0 radical (unpaired) electrons.